The summed E-state index contributed by atoms with van der Waals surface area (Å²) in [6.45, 7) is 3.89. The van der Waals surface area contributed by atoms with Crippen LogP contribution in [0.15, 0.2) is 51.8 Å². The number of halogens is 1. The number of nitrogens with one attached hydrogen (secondary N) is 1. The molecule has 0 bridgehead atoms. The van der Waals surface area contributed by atoms with Gasteiger partial charge in [0.2, 0.25) is 5.91 Å². The third-order valence-corrected chi connectivity index (χ3v) is 5.17. The van der Waals surface area contributed by atoms with Crippen molar-refractivity contribution < 1.29 is 9.53 Å². The Kier molecular flexibility index (Phi) is 5.91. The van der Waals surface area contributed by atoms with Gasteiger partial charge in [-0.1, -0.05) is 15.9 Å². The molecule has 0 spiro atoms. The molecule has 1 amide bonds. The predicted octanol–water partition coefficient (Wildman–Crippen LogP) is 4.89. The summed E-state index contributed by atoms with van der Waals surface area (Å²) >= 11 is 4.97. The Balaban J connectivity index is 1.97. The number of anilines is 1. The molecule has 0 fully saturated rings. The summed E-state index contributed by atoms with van der Waals surface area (Å²) in [7, 11) is 1.64. The Labute approximate surface area is 143 Å². The van der Waals surface area contributed by atoms with E-state index in [1.807, 2.05) is 56.3 Å². The second-order valence-corrected chi connectivity index (χ2v) is 7.16. The van der Waals surface area contributed by atoms with Crippen LogP contribution in [-0.2, 0) is 4.79 Å². The summed E-state index contributed by atoms with van der Waals surface area (Å²) in [6.07, 6.45) is 0. The summed E-state index contributed by atoms with van der Waals surface area (Å²) in [5.41, 5.74) is 1.90. The van der Waals surface area contributed by atoms with Gasteiger partial charge >= 0.3 is 0 Å². The monoisotopic (exact) mass is 379 g/mol. The van der Waals surface area contributed by atoms with E-state index in [1.54, 1.807) is 7.11 Å². The largest absolute Gasteiger partial charge is 0.497 e. The fourth-order valence-corrected chi connectivity index (χ4v) is 2.99. The minimum absolute atomic E-state index is 0.0115. The van der Waals surface area contributed by atoms with E-state index in [2.05, 4.69) is 21.2 Å². The summed E-state index contributed by atoms with van der Waals surface area (Å²) in [4.78, 5) is 13.3. The summed E-state index contributed by atoms with van der Waals surface area (Å²) in [5, 5.41) is 2.76. The van der Waals surface area contributed by atoms with Crippen molar-refractivity contribution in [2.75, 3.05) is 12.4 Å². The summed E-state index contributed by atoms with van der Waals surface area (Å²) in [5.74, 6) is 0.800. The third kappa shape index (κ3) is 4.52. The van der Waals surface area contributed by atoms with Crippen LogP contribution in [-0.4, -0.2) is 18.3 Å². The predicted molar refractivity (Wildman–Crippen MR) is 95.8 cm³/mol. The maximum atomic E-state index is 12.3. The quantitative estimate of drug-likeness (QED) is 0.751. The number of benzene rings is 2. The SMILES string of the molecule is COc1ccc(S[C@H](C)C(=O)Nc2ccc(Br)c(C)c2)cc1. The Morgan fingerprint density at radius 3 is 2.50 bits per heavy atom. The van der Waals surface area contributed by atoms with Crippen molar-refractivity contribution >= 4 is 39.3 Å². The number of carbonyl (C=O) groups is 1. The van der Waals surface area contributed by atoms with E-state index in [1.165, 1.54) is 11.8 Å². The first-order valence-electron chi connectivity index (χ1n) is 6.87. The molecule has 0 aromatic heterocycles. The van der Waals surface area contributed by atoms with Gasteiger partial charge in [-0.25, -0.2) is 0 Å². The number of carbonyl (C=O) groups excluding carboxylic acids is 1. The standard InChI is InChI=1S/C17H18BrNO2S/c1-11-10-13(4-9-16(11)18)19-17(20)12(2)22-15-7-5-14(21-3)6-8-15/h4-10,12H,1-3H3,(H,19,20)/t12-/m1/s1. The van der Waals surface area contributed by atoms with Crippen molar-refractivity contribution in [3.63, 3.8) is 0 Å². The van der Waals surface area contributed by atoms with Crippen molar-refractivity contribution in [2.45, 2.75) is 24.0 Å². The molecule has 2 rings (SSSR count). The Morgan fingerprint density at radius 1 is 1.23 bits per heavy atom. The van der Waals surface area contributed by atoms with Crippen LogP contribution in [0, 0.1) is 6.92 Å². The van der Waals surface area contributed by atoms with E-state index >= 15 is 0 Å². The van der Waals surface area contributed by atoms with Crippen LogP contribution in [0.2, 0.25) is 0 Å². The molecule has 22 heavy (non-hydrogen) atoms. The zero-order valence-corrected chi connectivity index (χ0v) is 15.1. The summed E-state index contributed by atoms with van der Waals surface area (Å²) < 4.78 is 6.16. The number of amides is 1. The maximum Gasteiger partial charge on any atom is 0.237 e. The first-order chi connectivity index (χ1) is 10.5. The molecule has 0 saturated heterocycles. The highest BCUT2D eigenvalue weighted by molar-refractivity contribution is 9.10. The van der Waals surface area contributed by atoms with Gasteiger partial charge in [-0.15, -0.1) is 11.8 Å². The normalized spacial score (nSPS) is 11.8. The first kappa shape index (κ1) is 16.9. The van der Waals surface area contributed by atoms with Crippen molar-refractivity contribution in [3.8, 4) is 5.75 Å². The molecule has 2 aromatic rings. The van der Waals surface area contributed by atoms with Crippen LogP contribution in [0.5, 0.6) is 5.75 Å². The highest BCUT2D eigenvalue weighted by Gasteiger charge is 2.15. The number of aryl methyl sites for hydroxylation is 1. The number of ether oxygens (including phenoxy) is 1. The molecule has 0 heterocycles. The smallest absolute Gasteiger partial charge is 0.237 e. The molecule has 0 aliphatic rings. The van der Waals surface area contributed by atoms with E-state index in [9.17, 15) is 4.79 Å². The Hall–Kier alpha value is -1.46. The molecule has 0 aliphatic heterocycles. The van der Waals surface area contributed by atoms with Crippen molar-refractivity contribution in [2.24, 2.45) is 0 Å². The zero-order chi connectivity index (χ0) is 16.1. The van der Waals surface area contributed by atoms with Gasteiger partial charge in [-0.2, -0.15) is 0 Å². The van der Waals surface area contributed by atoms with Gasteiger partial charge in [0.15, 0.2) is 0 Å². The molecule has 1 atom stereocenters. The molecule has 1 N–H and O–H groups in total. The number of hydrogen-bond donors (Lipinski definition) is 1. The molecule has 0 saturated carbocycles. The molecule has 0 aliphatic carbocycles. The van der Waals surface area contributed by atoms with E-state index in [0.717, 1.165) is 26.4 Å². The third-order valence-electron chi connectivity index (χ3n) is 3.17. The Bertz CT molecular complexity index is 658. The minimum Gasteiger partial charge on any atom is -0.497 e. The molecular weight excluding hydrogens is 362 g/mol. The molecular formula is C17H18BrNO2S. The second kappa shape index (κ2) is 7.70. The number of hydrogen-bond acceptors (Lipinski definition) is 3. The van der Waals surface area contributed by atoms with Gasteiger partial charge < -0.3 is 10.1 Å². The zero-order valence-electron chi connectivity index (χ0n) is 12.7. The van der Waals surface area contributed by atoms with E-state index < -0.39 is 0 Å². The van der Waals surface area contributed by atoms with Gasteiger partial charge in [0.1, 0.15) is 5.75 Å². The highest BCUT2D eigenvalue weighted by Crippen LogP contribution is 2.26. The highest BCUT2D eigenvalue weighted by atomic mass is 79.9. The molecule has 5 heteroatoms. The maximum absolute atomic E-state index is 12.3. The fourth-order valence-electron chi connectivity index (χ4n) is 1.88. The van der Waals surface area contributed by atoms with E-state index in [0.29, 0.717) is 0 Å². The average Bonchev–Trinajstić information content (AvgIpc) is 2.51. The lowest BCUT2D eigenvalue weighted by molar-refractivity contribution is -0.115. The van der Waals surface area contributed by atoms with Gasteiger partial charge in [0.05, 0.1) is 12.4 Å². The fraction of sp³-hybridized carbons (Fsp3) is 0.235. The first-order valence-corrected chi connectivity index (χ1v) is 8.54. The Morgan fingerprint density at radius 2 is 1.91 bits per heavy atom. The lowest BCUT2D eigenvalue weighted by atomic mass is 10.2. The molecule has 0 unspecified atom stereocenters. The van der Waals surface area contributed by atoms with Crippen LogP contribution in [0.25, 0.3) is 0 Å². The van der Waals surface area contributed by atoms with Crippen LogP contribution in [0.1, 0.15) is 12.5 Å². The number of thioether (sulfide) groups is 1. The number of methoxy groups -OCH3 is 1. The topological polar surface area (TPSA) is 38.3 Å². The van der Waals surface area contributed by atoms with Crippen LogP contribution >= 0.6 is 27.7 Å². The lowest BCUT2D eigenvalue weighted by Gasteiger charge is -2.13. The van der Waals surface area contributed by atoms with Crippen LogP contribution in [0.4, 0.5) is 5.69 Å². The second-order valence-electron chi connectivity index (χ2n) is 4.89. The van der Waals surface area contributed by atoms with Gasteiger partial charge in [0, 0.05) is 15.1 Å². The van der Waals surface area contributed by atoms with Gasteiger partial charge in [0.25, 0.3) is 0 Å². The van der Waals surface area contributed by atoms with Crippen molar-refractivity contribution in [1.29, 1.82) is 0 Å². The van der Waals surface area contributed by atoms with Crippen LogP contribution < -0.4 is 10.1 Å². The molecule has 3 nitrogen and oxygen atoms in total. The van der Waals surface area contributed by atoms with Crippen LogP contribution in [0.3, 0.4) is 0 Å². The summed E-state index contributed by atoms with van der Waals surface area (Å²) in [6, 6.07) is 13.5. The van der Waals surface area contributed by atoms with E-state index in [-0.39, 0.29) is 11.2 Å². The molecule has 2 aromatic carbocycles. The molecule has 0 radical (unpaired) electrons. The minimum atomic E-state index is -0.183. The van der Waals surface area contributed by atoms with Gasteiger partial charge in [-0.05, 0) is 61.9 Å². The average molecular weight is 380 g/mol. The lowest BCUT2D eigenvalue weighted by Crippen LogP contribution is -2.22. The molecule has 116 valence electrons. The number of rotatable bonds is 5. The van der Waals surface area contributed by atoms with Crippen molar-refractivity contribution in [3.05, 3.63) is 52.5 Å². The van der Waals surface area contributed by atoms with Gasteiger partial charge in [-0.3, -0.25) is 4.79 Å². The van der Waals surface area contributed by atoms with Crippen molar-refractivity contribution in [1.82, 2.24) is 0 Å². The van der Waals surface area contributed by atoms with E-state index in [4.69, 9.17) is 4.74 Å².